The Hall–Kier alpha value is -1.00. The van der Waals surface area contributed by atoms with E-state index in [0.29, 0.717) is 0 Å². The van der Waals surface area contributed by atoms with Gasteiger partial charge in [0.1, 0.15) is 110 Å². The monoisotopic (exact) mass is 810 g/mol. The van der Waals surface area contributed by atoms with Gasteiger partial charge >= 0.3 is 0 Å². The highest BCUT2D eigenvalue weighted by Gasteiger charge is 2.51. The van der Waals surface area contributed by atoms with Gasteiger partial charge in [-0.3, -0.25) is 0 Å². The molecule has 6 saturated heterocycles. The highest BCUT2D eigenvalue weighted by molar-refractivity contribution is 4.93. The normalized spacial score (nSPS) is 52.9. The molecular weight excluding hydrogens is 760 g/mol. The van der Waals surface area contributed by atoms with Crippen molar-refractivity contribution < 1.29 is 124 Å². The minimum atomic E-state index is -1.64. The molecule has 0 aromatic carbocycles. The summed E-state index contributed by atoms with van der Waals surface area (Å²) in [4.78, 5) is 0. The fourth-order valence-corrected chi connectivity index (χ4v) is 6.78. The second-order valence-corrected chi connectivity index (χ2v) is 14.0. The third-order valence-electron chi connectivity index (χ3n) is 10.2. The van der Waals surface area contributed by atoms with Gasteiger partial charge in [-0.25, -0.2) is 0 Å². The Balaban J connectivity index is 0.904. The van der Waals surface area contributed by atoms with Crippen LogP contribution in [0.3, 0.4) is 0 Å². The van der Waals surface area contributed by atoms with E-state index in [1.807, 2.05) is 0 Å². The van der Waals surface area contributed by atoms with E-state index in [0.717, 1.165) is 0 Å². The van der Waals surface area contributed by atoms with Crippen LogP contribution in [0.25, 0.3) is 0 Å². The lowest BCUT2D eigenvalue weighted by Crippen LogP contribution is -2.39. The number of aliphatic hydroxyl groups is 14. The molecule has 6 rings (SSSR count). The smallest absolute Gasteiger partial charge is 0.186 e. The van der Waals surface area contributed by atoms with Crippen molar-refractivity contribution in [2.24, 2.45) is 0 Å². The Kier molecular flexibility index (Phi) is 14.7. The van der Waals surface area contributed by atoms with Crippen molar-refractivity contribution in [2.75, 3.05) is 39.6 Å². The van der Waals surface area contributed by atoms with E-state index in [-0.39, 0.29) is 0 Å². The highest BCUT2D eigenvalue weighted by atomic mass is 16.8. The van der Waals surface area contributed by atoms with Crippen molar-refractivity contribution >= 4 is 0 Å². The van der Waals surface area contributed by atoms with Crippen molar-refractivity contribution in [3.05, 3.63) is 0 Å². The van der Waals surface area contributed by atoms with E-state index in [9.17, 15) is 71.5 Å². The topological polar surface area (TPSA) is 385 Å². The molecule has 55 heavy (non-hydrogen) atoms. The van der Waals surface area contributed by atoms with Crippen LogP contribution < -0.4 is 0 Å². The molecule has 0 radical (unpaired) electrons. The lowest BCUT2D eigenvalue weighted by atomic mass is 10.1. The Labute approximate surface area is 311 Å². The van der Waals surface area contributed by atoms with Crippen molar-refractivity contribution in [2.45, 2.75) is 148 Å². The van der Waals surface area contributed by atoms with Crippen molar-refractivity contribution in [3.63, 3.8) is 0 Å². The molecule has 0 spiro atoms. The van der Waals surface area contributed by atoms with Gasteiger partial charge in [0.2, 0.25) is 0 Å². The maximum absolute atomic E-state index is 10.5. The first-order chi connectivity index (χ1) is 26.1. The number of hydrogen-bond donors (Lipinski definition) is 14. The second-order valence-electron chi connectivity index (χ2n) is 14.0. The maximum Gasteiger partial charge on any atom is 0.186 e. The van der Waals surface area contributed by atoms with Crippen LogP contribution in [0.5, 0.6) is 0 Å². The summed E-state index contributed by atoms with van der Waals surface area (Å²) in [6.45, 7) is -2.88. The largest absolute Gasteiger partial charge is 0.394 e. The van der Waals surface area contributed by atoms with Crippen LogP contribution in [-0.4, -0.2) is 259 Å². The minimum absolute atomic E-state index is 0.421. The van der Waals surface area contributed by atoms with Crippen LogP contribution >= 0.6 is 0 Å². The fraction of sp³-hybridized carbons (Fsp3) is 1.00. The van der Waals surface area contributed by atoms with E-state index < -0.39 is 187 Å². The zero-order valence-corrected chi connectivity index (χ0v) is 28.9. The van der Waals surface area contributed by atoms with Gasteiger partial charge in [-0.15, -0.1) is 0 Å². The predicted octanol–water partition coefficient (Wildman–Crippen LogP) is -10.3. The van der Waals surface area contributed by atoms with E-state index in [1.165, 1.54) is 0 Å². The highest BCUT2D eigenvalue weighted by Crippen LogP contribution is 2.31. The van der Waals surface area contributed by atoms with Gasteiger partial charge in [-0.1, -0.05) is 0 Å². The molecule has 320 valence electrons. The summed E-state index contributed by atoms with van der Waals surface area (Å²) in [6, 6.07) is 0. The molecule has 24 unspecified atom stereocenters. The molecule has 0 aliphatic carbocycles. The van der Waals surface area contributed by atoms with Crippen LogP contribution in [0.4, 0.5) is 0 Å². The predicted molar refractivity (Wildman–Crippen MR) is 163 cm³/mol. The number of rotatable bonds is 16. The lowest BCUT2D eigenvalue weighted by molar-refractivity contribution is -0.229. The third-order valence-corrected chi connectivity index (χ3v) is 10.2. The molecule has 0 saturated carbocycles. The quantitative estimate of drug-likeness (QED) is 0.0688. The first-order valence-corrected chi connectivity index (χ1v) is 17.6. The van der Waals surface area contributed by atoms with E-state index in [4.69, 9.17) is 52.1 Å². The molecule has 0 aromatic heterocycles. The van der Waals surface area contributed by atoms with Gasteiger partial charge in [-0.2, -0.15) is 0 Å². The summed E-state index contributed by atoms with van der Waals surface area (Å²) < 4.78 is 59.3. The van der Waals surface area contributed by atoms with Crippen LogP contribution in [-0.2, 0) is 52.1 Å². The van der Waals surface area contributed by atoms with E-state index in [2.05, 4.69) is 0 Å². The van der Waals surface area contributed by atoms with Crippen LogP contribution in [0.1, 0.15) is 0 Å². The maximum atomic E-state index is 10.5. The standard InChI is InChI=1S/C30H50O25/c31-1-7-13(32)20(39)26(51-7)46-3-9-15(34)22(41)28(53-9)48-5-11-17(36)24(43)30(55-11)49-6-12-18(37)23(42)29(54-12)47-4-10-16(35)21(40)27(52-10)45-2-8-14(33)19(38)25(44)50-8/h7-44H,1-6H2. The molecule has 25 nitrogen and oxygen atoms in total. The summed E-state index contributed by atoms with van der Waals surface area (Å²) in [5.41, 5.74) is 0. The van der Waals surface area contributed by atoms with Gasteiger partial charge in [-0.05, 0) is 0 Å². The molecule has 6 aliphatic rings. The van der Waals surface area contributed by atoms with Gasteiger partial charge < -0.3 is 124 Å². The van der Waals surface area contributed by atoms with Gasteiger partial charge in [0.05, 0.1) is 39.6 Å². The third kappa shape index (κ3) is 9.26. The first-order valence-electron chi connectivity index (χ1n) is 17.6. The van der Waals surface area contributed by atoms with Gasteiger partial charge in [0, 0.05) is 0 Å². The van der Waals surface area contributed by atoms with Crippen molar-refractivity contribution in [1.29, 1.82) is 0 Å². The minimum Gasteiger partial charge on any atom is -0.394 e. The molecular formula is C30H50O25. The Morgan fingerprint density at radius 2 is 0.491 bits per heavy atom. The summed E-state index contributed by atoms with van der Waals surface area (Å²) in [6.07, 6.45) is -34.6. The van der Waals surface area contributed by atoms with Crippen LogP contribution in [0.15, 0.2) is 0 Å². The Morgan fingerprint density at radius 1 is 0.273 bits per heavy atom. The average molecular weight is 811 g/mol. The molecule has 0 aromatic rings. The molecule has 25 heteroatoms. The zero-order valence-electron chi connectivity index (χ0n) is 28.9. The summed E-state index contributed by atoms with van der Waals surface area (Å²) >= 11 is 0. The molecule has 6 fully saturated rings. The number of hydrogen-bond acceptors (Lipinski definition) is 25. The van der Waals surface area contributed by atoms with Gasteiger partial charge in [0.25, 0.3) is 0 Å². The number of aliphatic hydroxyl groups excluding tert-OH is 14. The molecule has 24 atom stereocenters. The average Bonchev–Trinajstić information content (AvgIpc) is 3.93. The summed E-state index contributed by atoms with van der Waals surface area (Å²) in [5, 5.41) is 142. The summed E-state index contributed by atoms with van der Waals surface area (Å²) in [5.74, 6) is 0. The lowest BCUT2D eigenvalue weighted by Gasteiger charge is -2.21. The molecule has 6 aliphatic heterocycles. The molecule has 0 bridgehead atoms. The Morgan fingerprint density at radius 3 is 0.709 bits per heavy atom. The fourth-order valence-electron chi connectivity index (χ4n) is 6.78. The molecule has 0 amide bonds. The van der Waals surface area contributed by atoms with E-state index >= 15 is 0 Å². The molecule has 14 N–H and O–H groups in total. The Bertz CT molecular complexity index is 1210. The molecule has 6 heterocycles. The first kappa shape index (κ1) is 43.6. The zero-order chi connectivity index (χ0) is 39.9. The van der Waals surface area contributed by atoms with Gasteiger partial charge in [0.15, 0.2) is 37.7 Å². The summed E-state index contributed by atoms with van der Waals surface area (Å²) in [7, 11) is 0. The second kappa shape index (κ2) is 18.5. The number of ether oxygens (including phenoxy) is 11. The van der Waals surface area contributed by atoms with Crippen LogP contribution in [0, 0.1) is 0 Å². The van der Waals surface area contributed by atoms with Crippen LogP contribution in [0.2, 0.25) is 0 Å². The van der Waals surface area contributed by atoms with Crippen molar-refractivity contribution in [1.82, 2.24) is 0 Å². The van der Waals surface area contributed by atoms with Crippen molar-refractivity contribution in [3.8, 4) is 0 Å². The SMILES string of the molecule is OCC1OC(OCC2OC(OCC3OC(OCC4OC(OCC5OC(OCC6OC(O)C(O)C6O)C(O)C5O)C(O)C4O)C(O)C3O)C(O)C2O)C(O)C1O. The van der Waals surface area contributed by atoms with E-state index in [1.54, 1.807) is 0 Å².